The zero-order valence-electron chi connectivity index (χ0n) is 6.88. The van der Waals surface area contributed by atoms with Crippen molar-refractivity contribution in [2.45, 2.75) is 12.8 Å². The predicted molar refractivity (Wildman–Crippen MR) is 51.5 cm³/mol. The predicted octanol–water partition coefficient (Wildman–Crippen LogP) is 2.23. The molecular weight excluding hydrogens is 144 g/mol. The van der Waals surface area contributed by atoms with E-state index in [0.717, 1.165) is 24.0 Å². The molecule has 0 saturated heterocycles. The van der Waals surface area contributed by atoms with Gasteiger partial charge in [0.05, 0.1) is 0 Å². The maximum atomic E-state index is 5.32. The van der Waals surface area contributed by atoms with Crippen molar-refractivity contribution in [1.29, 1.82) is 0 Å². The first-order valence-corrected chi connectivity index (χ1v) is 3.86. The van der Waals surface area contributed by atoms with Crippen molar-refractivity contribution in [3.05, 3.63) is 35.4 Å². The number of hydrogen-bond donors (Lipinski definition) is 0. The fourth-order valence-corrected chi connectivity index (χ4v) is 1.09. The second kappa shape index (κ2) is 4.27. The smallest absolute Gasteiger partial charge is 0.0274 e. The highest BCUT2D eigenvalue weighted by Gasteiger charge is 1.96. The van der Waals surface area contributed by atoms with Gasteiger partial charge in [0.1, 0.15) is 0 Å². The van der Waals surface area contributed by atoms with Crippen molar-refractivity contribution in [3.63, 3.8) is 0 Å². The summed E-state index contributed by atoms with van der Waals surface area (Å²) in [4.78, 5) is 0. The molecule has 0 heterocycles. The monoisotopic (exact) mass is 154 g/mol. The lowest BCUT2D eigenvalue weighted by Crippen LogP contribution is -1.88. The van der Waals surface area contributed by atoms with Crippen LogP contribution in [0.5, 0.6) is 0 Å². The molecule has 0 spiro atoms. The summed E-state index contributed by atoms with van der Waals surface area (Å²) in [6, 6.07) is 7.87. The summed E-state index contributed by atoms with van der Waals surface area (Å²) in [6.07, 6.45) is 12.1. The fraction of sp³-hybridized carbons (Fsp3) is 0.167. The SMILES string of the molecule is C#CCCc1ccccc1C#C. The molecule has 0 nitrogen and oxygen atoms in total. The minimum absolute atomic E-state index is 0.749. The number of benzene rings is 1. The molecule has 0 fully saturated rings. The summed E-state index contributed by atoms with van der Waals surface area (Å²) in [6.45, 7) is 0. The molecule has 0 aromatic heterocycles. The molecule has 0 aliphatic heterocycles. The summed E-state index contributed by atoms with van der Waals surface area (Å²) in [5.41, 5.74) is 2.12. The van der Waals surface area contributed by atoms with Crippen LogP contribution in [0.2, 0.25) is 0 Å². The largest absolute Gasteiger partial charge is 0.120 e. The maximum absolute atomic E-state index is 5.32. The highest BCUT2D eigenvalue weighted by molar-refractivity contribution is 5.39. The van der Waals surface area contributed by atoms with Gasteiger partial charge in [-0.1, -0.05) is 24.1 Å². The van der Waals surface area contributed by atoms with Crippen molar-refractivity contribution >= 4 is 0 Å². The third-order valence-electron chi connectivity index (χ3n) is 1.71. The van der Waals surface area contributed by atoms with Crippen molar-refractivity contribution < 1.29 is 0 Å². The van der Waals surface area contributed by atoms with Crippen LogP contribution in [0, 0.1) is 24.7 Å². The Morgan fingerprint density at radius 3 is 2.58 bits per heavy atom. The molecule has 0 amide bonds. The Balaban J connectivity index is 2.86. The van der Waals surface area contributed by atoms with Crippen LogP contribution in [0.1, 0.15) is 17.5 Å². The van der Waals surface area contributed by atoms with E-state index in [0.29, 0.717) is 0 Å². The Bertz CT molecular complexity index is 334. The van der Waals surface area contributed by atoms with Crippen molar-refractivity contribution in [2.24, 2.45) is 0 Å². The Hall–Kier alpha value is -1.66. The fourth-order valence-electron chi connectivity index (χ4n) is 1.09. The van der Waals surface area contributed by atoms with Crippen molar-refractivity contribution in [2.75, 3.05) is 0 Å². The van der Waals surface area contributed by atoms with Crippen molar-refractivity contribution in [1.82, 2.24) is 0 Å². The third-order valence-corrected chi connectivity index (χ3v) is 1.71. The minimum atomic E-state index is 0.749. The summed E-state index contributed by atoms with van der Waals surface area (Å²) in [5.74, 6) is 5.23. The molecule has 12 heavy (non-hydrogen) atoms. The van der Waals surface area contributed by atoms with Gasteiger partial charge in [0, 0.05) is 12.0 Å². The number of hydrogen-bond acceptors (Lipinski definition) is 0. The standard InChI is InChI=1S/C12H10/c1-3-5-8-12-10-7-6-9-11(12)4-2/h1-2,6-7,9-10H,5,8H2. The molecule has 58 valence electrons. The van der Waals surface area contributed by atoms with Gasteiger partial charge in [0.15, 0.2) is 0 Å². The van der Waals surface area contributed by atoms with Crippen LogP contribution in [0.4, 0.5) is 0 Å². The molecule has 1 aromatic rings. The van der Waals surface area contributed by atoms with Crippen LogP contribution in [0.3, 0.4) is 0 Å². The van der Waals surface area contributed by atoms with Gasteiger partial charge >= 0.3 is 0 Å². The van der Waals surface area contributed by atoms with Crippen LogP contribution in [0.15, 0.2) is 24.3 Å². The van der Waals surface area contributed by atoms with Gasteiger partial charge in [0.2, 0.25) is 0 Å². The number of aryl methyl sites for hydroxylation is 1. The number of terminal acetylenes is 2. The molecule has 0 saturated carbocycles. The minimum Gasteiger partial charge on any atom is -0.120 e. The van der Waals surface area contributed by atoms with Crippen LogP contribution in [-0.4, -0.2) is 0 Å². The lowest BCUT2D eigenvalue weighted by atomic mass is 10.0. The topological polar surface area (TPSA) is 0 Å². The van der Waals surface area contributed by atoms with E-state index in [-0.39, 0.29) is 0 Å². The summed E-state index contributed by atoms with van der Waals surface area (Å²) >= 11 is 0. The maximum Gasteiger partial charge on any atom is 0.0274 e. The van der Waals surface area contributed by atoms with Gasteiger partial charge in [-0.2, -0.15) is 0 Å². The average Bonchev–Trinajstić information content (AvgIpc) is 2.15. The van der Waals surface area contributed by atoms with Gasteiger partial charge in [-0.05, 0) is 18.1 Å². The molecule has 1 rings (SSSR count). The lowest BCUT2D eigenvalue weighted by Gasteiger charge is -2.00. The summed E-state index contributed by atoms with van der Waals surface area (Å²) < 4.78 is 0. The molecule has 0 unspecified atom stereocenters. The lowest BCUT2D eigenvalue weighted by molar-refractivity contribution is 1.02. The Morgan fingerprint density at radius 1 is 1.17 bits per heavy atom. The van der Waals surface area contributed by atoms with Gasteiger partial charge < -0.3 is 0 Å². The Morgan fingerprint density at radius 2 is 1.92 bits per heavy atom. The van der Waals surface area contributed by atoms with Crippen LogP contribution in [-0.2, 0) is 6.42 Å². The highest BCUT2D eigenvalue weighted by Crippen LogP contribution is 2.08. The van der Waals surface area contributed by atoms with Crippen LogP contribution >= 0.6 is 0 Å². The molecule has 0 N–H and O–H groups in total. The van der Waals surface area contributed by atoms with Crippen LogP contribution < -0.4 is 0 Å². The van der Waals surface area contributed by atoms with E-state index in [2.05, 4.69) is 11.8 Å². The van der Waals surface area contributed by atoms with E-state index in [4.69, 9.17) is 12.8 Å². The normalized spacial score (nSPS) is 8.50. The second-order valence-electron chi connectivity index (χ2n) is 2.51. The zero-order chi connectivity index (χ0) is 8.81. The summed E-state index contributed by atoms with van der Waals surface area (Å²) in [5, 5.41) is 0. The first-order valence-electron chi connectivity index (χ1n) is 3.86. The molecule has 0 aliphatic rings. The molecule has 0 bridgehead atoms. The quantitative estimate of drug-likeness (QED) is 0.573. The molecule has 0 aliphatic carbocycles. The zero-order valence-corrected chi connectivity index (χ0v) is 6.88. The highest BCUT2D eigenvalue weighted by atomic mass is 14.0. The van der Waals surface area contributed by atoms with E-state index < -0.39 is 0 Å². The number of rotatable bonds is 2. The summed E-state index contributed by atoms with van der Waals surface area (Å²) in [7, 11) is 0. The molecule has 0 radical (unpaired) electrons. The molecule has 0 atom stereocenters. The van der Waals surface area contributed by atoms with E-state index in [1.54, 1.807) is 0 Å². The Kier molecular flexibility index (Phi) is 3.00. The molecule has 1 aromatic carbocycles. The first-order chi connectivity index (χ1) is 5.88. The van der Waals surface area contributed by atoms with Gasteiger partial charge in [0.25, 0.3) is 0 Å². The van der Waals surface area contributed by atoms with Crippen LogP contribution in [0.25, 0.3) is 0 Å². The third kappa shape index (κ3) is 1.91. The first kappa shape index (κ1) is 8.44. The second-order valence-corrected chi connectivity index (χ2v) is 2.51. The molecule has 0 heteroatoms. The van der Waals surface area contributed by atoms with E-state index in [1.807, 2.05) is 24.3 Å². The van der Waals surface area contributed by atoms with E-state index >= 15 is 0 Å². The van der Waals surface area contributed by atoms with Gasteiger partial charge in [-0.15, -0.1) is 18.8 Å². The van der Waals surface area contributed by atoms with Crippen molar-refractivity contribution in [3.8, 4) is 24.7 Å². The van der Waals surface area contributed by atoms with E-state index in [9.17, 15) is 0 Å². The van der Waals surface area contributed by atoms with Gasteiger partial charge in [-0.3, -0.25) is 0 Å². The van der Waals surface area contributed by atoms with E-state index in [1.165, 1.54) is 0 Å². The van der Waals surface area contributed by atoms with Gasteiger partial charge in [-0.25, -0.2) is 0 Å². The average molecular weight is 154 g/mol. The molecular formula is C12H10. The Labute approximate surface area is 73.6 Å².